The van der Waals surface area contributed by atoms with Gasteiger partial charge in [0.2, 0.25) is 0 Å². The van der Waals surface area contributed by atoms with E-state index in [4.69, 9.17) is 15.6 Å². The van der Waals surface area contributed by atoms with Crippen LogP contribution in [0.15, 0.2) is 11.0 Å². The molecule has 0 radical (unpaired) electrons. The van der Waals surface area contributed by atoms with Crippen molar-refractivity contribution in [2.24, 2.45) is 5.73 Å². The zero-order valence-electron chi connectivity index (χ0n) is 10.6. The minimum atomic E-state index is -1.42. The number of nitrogens with two attached hydrogens (primary N) is 1. The van der Waals surface area contributed by atoms with E-state index < -0.39 is 48.3 Å². The third-order valence-corrected chi connectivity index (χ3v) is 3.08. The Kier molecular flexibility index (Phi) is 3.86. The van der Waals surface area contributed by atoms with Gasteiger partial charge in [0.1, 0.15) is 18.3 Å². The molecule has 1 saturated heterocycles. The number of primary amides is 1. The summed E-state index contributed by atoms with van der Waals surface area (Å²) >= 11 is 0. The molecule has 1 fully saturated rings. The number of hydrogen-bond acceptors (Lipinski definition) is 7. The number of ether oxygens (including phenoxy) is 1. The standard InChI is InChI=1S/C11H15N3O6/c1-4-2-14(10(19)6(13-4)9(12)18)11-8(17)7(16)5(3-15)20-11/h2,5,7-8,11,15-17H,3H2,1H3,(H2,12,18)/t5-,7-,8-,11-/m1/s1. The minimum Gasteiger partial charge on any atom is -0.394 e. The van der Waals surface area contributed by atoms with E-state index in [1.54, 1.807) is 0 Å². The maximum atomic E-state index is 12.1. The second-order valence-corrected chi connectivity index (χ2v) is 4.54. The number of rotatable bonds is 3. The van der Waals surface area contributed by atoms with Gasteiger partial charge in [0.15, 0.2) is 11.9 Å². The van der Waals surface area contributed by atoms with Crippen LogP contribution in [0.5, 0.6) is 0 Å². The van der Waals surface area contributed by atoms with Crippen molar-refractivity contribution in [1.82, 2.24) is 9.55 Å². The van der Waals surface area contributed by atoms with Crippen molar-refractivity contribution >= 4 is 5.91 Å². The average molecular weight is 285 g/mol. The molecule has 0 unspecified atom stereocenters. The van der Waals surface area contributed by atoms with Crippen molar-refractivity contribution < 1.29 is 24.9 Å². The molecule has 2 heterocycles. The first-order valence-corrected chi connectivity index (χ1v) is 5.89. The molecule has 2 rings (SSSR count). The highest BCUT2D eigenvalue weighted by Gasteiger charge is 2.44. The Hall–Kier alpha value is -1.81. The molecule has 1 aromatic heterocycles. The molecule has 0 aromatic carbocycles. The van der Waals surface area contributed by atoms with Crippen molar-refractivity contribution in [3.63, 3.8) is 0 Å². The van der Waals surface area contributed by atoms with Gasteiger partial charge >= 0.3 is 0 Å². The number of hydrogen-bond donors (Lipinski definition) is 4. The molecular weight excluding hydrogens is 270 g/mol. The second-order valence-electron chi connectivity index (χ2n) is 4.54. The van der Waals surface area contributed by atoms with Gasteiger partial charge in [0.25, 0.3) is 11.5 Å². The lowest BCUT2D eigenvalue weighted by molar-refractivity contribution is -0.0546. The zero-order chi connectivity index (χ0) is 15.0. The molecule has 1 aromatic rings. The molecule has 0 saturated carbocycles. The van der Waals surface area contributed by atoms with Crippen LogP contribution >= 0.6 is 0 Å². The molecule has 0 bridgehead atoms. The van der Waals surface area contributed by atoms with Crippen LogP contribution in [0.1, 0.15) is 22.4 Å². The number of nitrogens with zero attached hydrogens (tertiary/aromatic N) is 2. The fraction of sp³-hybridized carbons (Fsp3) is 0.545. The van der Waals surface area contributed by atoms with E-state index >= 15 is 0 Å². The predicted molar refractivity (Wildman–Crippen MR) is 64.8 cm³/mol. The maximum absolute atomic E-state index is 12.1. The van der Waals surface area contributed by atoms with E-state index in [2.05, 4.69) is 4.98 Å². The lowest BCUT2D eigenvalue weighted by Gasteiger charge is -2.18. The van der Waals surface area contributed by atoms with Crippen LogP contribution in [-0.2, 0) is 4.74 Å². The summed E-state index contributed by atoms with van der Waals surface area (Å²) < 4.78 is 6.16. The summed E-state index contributed by atoms with van der Waals surface area (Å²) in [4.78, 5) is 27.0. The van der Waals surface area contributed by atoms with Crippen LogP contribution in [0.3, 0.4) is 0 Å². The van der Waals surface area contributed by atoms with Gasteiger partial charge in [-0.25, -0.2) is 4.98 Å². The van der Waals surface area contributed by atoms with Crippen LogP contribution in [0, 0.1) is 6.92 Å². The Labute approximate surface area is 113 Å². The molecule has 4 atom stereocenters. The summed E-state index contributed by atoms with van der Waals surface area (Å²) in [7, 11) is 0. The first-order chi connectivity index (χ1) is 9.36. The summed E-state index contributed by atoms with van der Waals surface area (Å²) in [5.74, 6) is -1.00. The third-order valence-electron chi connectivity index (χ3n) is 3.08. The number of amides is 1. The first-order valence-electron chi connectivity index (χ1n) is 5.89. The number of aliphatic hydroxyl groups excluding tert-OH is 3. The smallest absolute Gasteiger partial charge is 0.284 e. The van der Waals surface area contributed by atoms with Gasteiger partial charge in [-0.05, 0) is 6.92 Å². The monoisotopic (exact) mass is 285 g/mol. The summed E-state index contributed by atoms with van der Waals surface area (Å²) in [6.45, 7) is 1.01. The van der Waals surface area contributed by atoms with Crippen LogP contribution < -0.4 is 11.3 Å². The van der Waals surface area contributed by atoms with Crippen molar-refractivity contribution in [2.75, 3.05) is 6.61 Å². The van der Waals surface area contributed by atoms with E-state index in [1.165, 1.54) is 13.1 Å². The lowest BCUT2D eigenvalue weighted by Crippen LogP contribution is -2.38. The second kappa shape index (κ2) is 5.29. The van der Waals surface area contributed by atoms with Crippen molar-refractivity contribution in [3.05, 3.63) is 27.9 Å². The van der Waals surface area contributed by atoms with Crippen molar-refractivity contribution in [2.45, 2.75) is 31.5 Å². The molecule has 0 spiro atoms. The first kappa shape index (κ1) is 14.6. The van der Waals surface area contributed by atoms with Crippen molar-refractivity contribution in [1.29, 1.82) is 0 Å². The fourth-order valence-electron chi connectivity index (χ4n) is 2.09. The van der Waals surface area contributed by atoms with Gasteiger partial charge < -0.3 is 25.8 Å². The van der Waals surface area contributed by atoms with Gasteiger partial charge in [-0.15, -0.1) is 0 Å². The number of carbonyl (C=O) groups is 1. The van der Waals surface area contributed by atoms with E-state index in [0.717, 1.165) is 4.57 Å². The average Bonchev–Trinajstić information content (AvgIpc) is 2.68. The van der Waals surface area contributed by atoms with Crippen LogP contribution in [0.2, 0.25) is 0 Å². The highest BCUT2D eigenvalue weighted by Crippen LogP contribution is 2.28. The van der Waals surface area contributed by atoms with Gasteiger partial charge in [0, 0.05) is 6.20 Å². The molecule has 9 nitrogen and oxygen atoms in total. The van der Waals surface area contributed by atoms with Gasteiger partial charge in [-0.2, -0.15) is 0 Å². The Morgan fingerprint density at radius 1 is 1.50 bits per heavy atom. The molecule has 5 N–H and O–H groups in total. The van der Waals surface area contributed by atoms with Crippen molar-refractivity contribution in [3.8, 4) is 0 Å². The van der Waals surface area contributed by atoms with Crippen LogP contribution in [0.25, 0.3) is 0 Å². The van der Waals surface area contributed by atoms with E-state index in [-0.39, 0.29) is 0 Å². The Morgan fingerprint density at radius 3 is 2.65 bits per heavy atom. The highest BCUT2D eigenvalue weighted by molar-refractivity contribution is 5.90. The normalized spacial score (nSPS) is 29.6. The number of aryl methyl sites for hydroxylation is 1. The van der Waals surface area contributed by atoms with Gasteiger partial charge in [-0.3, -0.25) is 14.2 Å². The zero-order valence-corrected chi connectivity index (χ0v) is 10.6. The van der Waals surface area contributed by atoms with E-state index in [9.17, 15) is 19.8 Å². The molecule has 1 amide bonds. The molecule has 110 valence electrons. The quantitative estimate of drug-likeness (QED) is 0.471. The lowest BCUT2D eigenvalue weighted by atomic mass is 10.1. The molecule has 1 aliphatic rings. The minimum absolute atomic E-state index is 0.316. The third kappa shape index (κ3) is 2.31. The number of carbonyl (C=O) groups excluding carboxylic acids is 1. The molecule has 20 heavy (non-hydrogen) atoms. The topological polar surface area (TPSA) is 148 Å². The molecule has 9 heteroatoms. The summed E-state index contributed by atoms with van der Waals surface area (Å²) in [5, 5.41) is 28.6. The van der Waals surface area contributed by atoms with Gasteiger partial charge in [0.05, 0.1) is 12.3 Å². The molecule has 0 aliphatic carbocycles. The largest absolute Gasteiger partial charge is 0.394 e. The Bertz CT molecular complexity index is 586. The number of aromatic nitrogens is 2. The highest BCUT2D eigenvalue weighted by atomic mass is 16.6. The maximum Gasteiger partial charge on any atom is 0.284 e. The Balaban J connectivity index is 2.49. The van der Waals surface area contributed by atoms with E-state index in [1.807, 2.05) is 0 Å². The van der Waals surface area contributed by atoms with E-state index in [0.29, 0.717) is 5.69 Å². The molecule has 1 aliphatic heterocycles. The summed E-state index contributed by atoms with van der Waals surface area (Å²) in [6.07, 6.45) is -3.74. The summed E-state index contributed by atoms with van der Waals surface area (Å²) in [6, 6.07) is 0. The predicted octanol–water partition coefficient (Wildman–Crippen LogP) is -2.74. The van der Waals surface area contributed by atoms with Crippen LogP contribution in [0.4, 0.5) is 0 Å². The van der Waals surface area contributed by atoms with Gasteiger partial charge in [-0.1, -0.05) is 0 Å². The fourth-order valence-corrected chi connectivity index (χ4v) is 2.09. The Morgan fingerprint density at radius 2 is 2.15 bits per heavy atom. The number of aliphatic hydroxyl groups is 3. The van der Waals surface area contributed by atoms with Crippen LogP contribution in [-0.4, -0.2) is 55.7 Å². The summed E-state index contributed by atoms with van der Waals surface area (Å²) in [5.41, 5.74) is 4.06. The molecular formula is C11H15N3O6. The SMILES string of the molecule is Cc1cn([C@@H]2O[C@H](CO)[C@@H](O)[C@H]2O)c(=O)c(C(N)=O)n1.